The van der Waals surface area contributed by atoms with Crippen molar-refractivity contribution < 1.29 is 29.1 Å². The summed E-state index contributed by atoms with van der Waals surface area (Å²) in [7, 11) is 0. The third-order valence-electron chi connectivity index (χ3n) is 3.66. The third kappa shape index (κ3) is 12.6. The number of rotatable bonds is 14. The highest BCUT2D eigenvalue weighted by Crippen LogP contribution is 2.00. The first-order valence-electron chi connectivity index (χ1n) is 9.01. The van der Waals surface area contributed by atoms with Crippen LogP contribution in [-0.2, 0) is 24.0 Å². The number of carboxylic acid groups (broad SMARTS) is 1. The molecule has 14 nitrogen and oxygen atoms in total. The summed E-state index contributed by atoms with van der Waals surface area (Å²) in [5.74, 6) is -4.79. The van der Waals surface area contributed by atoms with Crippen LogP contribution in [0.1, 0.15) is 32.1 Å². The molecule has 11 N–H and O–H groups in total. The van der Waals surface area contributed by atoms with Crippen LogP contribution in [0.3, 0.4) is 0 Å². The smallest absolute Gasteiger partial charge is 0.394 e. The van der Waals surface area contributed by atoms with Crippen molar-refractivity contribution in [2.24, 2.45) is 22.2 Å². The van der Waals surface area contributed by atoms with Gasteiger partial charge in [-0.1, -0.05) is 0 Å². The minimum atomic E-state index is -1.77. The highest BCUT2D eigenvalue weighted by atomic mass is 16.4. The first-order chi connectivity index (χ1) is 14.1. The maximum atomic E-state index is 12.2. The summed E-state index contributed by atoms with van der Waals surface area (Å²) in [6.45, 7) is -0.347. The van der Waals surface area contributed by atoms with E-state index in [0.717, 1.165) is 0 Å². The number of carboxylic acids is 1. The molecule has 0 saturated heterocycles. The van der Waals surface area contributed by atoms with E-state index in [9.17, 15) is 24.0 Å². The van der Waals surface area contributed by atoms with Gasteiger partial charge in [0.2, 0.25) is 11.8 Å². The van der Waals surface area contributed by atoms with E-state index in [4.69, 9.17) is 27.7 Å². The molecule has 0 radical (unpaired) electrons. The lowest BCUT2D eigenvalue weighted by Gasteiger charge is -2.18. The molecule has 0 saturated carbocycles. The second-order valence-electron chi connectivity index (χ2n) is 6.23. The predicted octanol–water partition coefficient (Wildman–Crippen LogP) is -3.48. The molecule has 0 aromatic heterocycles. The number of nitrogens with one attached hydrogen (secondary N) is 4. The van der Waals surface area contributed by atoms with Gasteiger partial charge in [-0.2, -0.15) is 0 Å². The average molecular weight is 428 g/mol. The number of amides is 3. The zero-order valence-electron chi connectivity index (χ0n) is 16.3. The molecule has 0 aliphatic carbocycles. The highest BCUT2D eigenvalue weighted by Gasteiger charge is 2.24. The number of amidine groups is 1. The van der Waals surface area contributed by atoms with Crippen LogP contribution in [0.2, 0.25) is 0 Å². The maximum absolute atomic E-state index is 12.2. The van der Waals surface area contributed by atoms with Crippen molar-refractivity contribution in [3.05, 3.63) is 0 Å². The number of carbonyl (C=O) groups excluding carboxylic acids is 4. The van der Waals surface area contributed by atoms with E-state index in [2.05, 4.69) is 15.6 Å². The summed E-state index contributed by atoms with van der Waals surface area (Å²) in [5, 5.41) is 22.5. The van der Waals surface area contributed by atoms with Crippen molar-refractivity contribution in [3.8, 4) is 0 Å². The van der Waals surface area contributed by atoms with Crippen LogP contribution in [-0.4, -0.2) is 72.1 Å². The lowest BCUT2D eigenvalue weighted by atomic mass is 10.1. The number of nitrogens with zero attached hydrogens (tertiary/aromatic N) is 1. The van der Waals surface area contributed by atoms with E-state index in [1.54, 1.807) is 0 Å². The molecule has 0 aromatic carbocycles. The summed E-state index contributed by atoms with van der Waals surface area (Å²) in [6.07, 6.45) is 1.77. The first kappa shape index (κ1) is 26.3. The van der Waals surface area contributed by atoms with Crippen molar-refractivity contribution in [1.82, 2.24) is 16.0 Å². The minimum absolute atomic E-state index is 0.0191. The van der Waals surface area contributed by atoms with E-state index in [1.165, 1.54) is 0 Å². The molecule has 0 heterocycles. The fraction of sp³-hybridized carbons (Fsp3) is 0.562. The van der Waals surface area contributed by atoms with Crippen LogP contribution in [0.4, 0.5) is 0 Å². The fourth-order valence-electron chi connectivity index (χ4n) is 2.23. The van der Waals surface area contributed by atoms with Gasteiger partial charge in [-0.15, -0.1) is 0 Å². The highest BCUT2D eigenvalue weighted by molar-refractivity contribution is 6.32. The van der Waals surface area contributed by atoms with Gasteiger partial charge >= 0.3 is 11.9 Å². The molecule has 30 heavy (non-hydrogen) atoms. The minimum Gasteiger partial charge on any atom is -0.474 e. The van der Waals surface area contributed by atoms with Gasteiger partial charge in [0, 0.05) is 13.0 Å². The molecule has 0 rings (SSSR count). The van der Waals surface area contributed by atoms with Gasteiger partial charge in [0.05, 0.1) is 18.4 Å². The summed E-state index contributed by atoms with van der Waals surface area (Å²) in [6, 6.07) is -2.04. The Morgan fingerprint density at radius 3 is 2.27 bits per heavy atom. The Kier molecular flexibility index (Phi) is 12.5. The Morgan fingerprint density at radius 2 is 1.73 bits per heavy atom. The third-order valence-corrected chi connectivity index (χ3v) is 3.66. The standard InChI is InChI=1S/C16H28N8O6/c17-11(18)5-1-3-9(8-25)23-12(26)7-22-13(27)10(24-14(28)15(29)30)4-2-6-21-16(19)20/h8-10H,1-7H2,(H3,17,18)(H,22,27)(H,23,26)(H,24,28)(H,29,30)(H4,19,20,21)/t9-,10+/m0/s1. The quantitative estimate of drug-likeness (QED) is 0.0448. The van der Waals surface area contributed by atoms with E-state index < -0.39 is 42.3 Å². The van der Waals surface area contributed by atoms with Crippen LogP contribution in [0.5, 0.6) is 0 Å². The SMILES string of the molecule is N=C(N)CCC[C@@H](C=O)NC(=O)CNC(=O)[C@@H](CCCN=C(N)N)NC(=O)C(=O)O. The van der Waals surface area contributed by atoms with Crippen LogP contribution in [0.25, 0.3) is 0 Å². The van der Waals surface area contributed by atoms with Crippen LogP contribution in [0.15, 0.2) is 4.99 Å². The van der Waals surface area contributed by atoms with Crippen molar-refractivity contribution in [2.45, 2.75) is 44.2 Å². The number of hydrogen-bond acceptors (Lipinski definition) is 7. The van der Waals surface area contributed by atoms with Crippen LogP contribution < -0.4 is 33.2 Å². The van der Waals surface area contributed by atoms with Gasteiger partial charge in [0.25, 0.3) is 0 Å². The number of aldehydes is 1. The van der Waals surface area contributed by atoms with Crippen LogP contribution in [0, 0.1) is 5.41 Å². The van der Waals surface area contributed by atoms with Gasteiger partial charge < -0.3 is 43.1 Å². The van der Waals surface area contributed by atoms with E-state index >= 15 is 0 Å². The molecule has 0 aliphatic rings. The summed E-state index contributed by atoms with van der Waals surface area (Å²) in [4.78, 5) is 61.0. The van der Waals surface area contributed by atoms with E-state index in [-0.39, 0.29) is 44.0 Å². The summed E-state index contributed by atoms with van der Waals surface area (Å²) in [5.41, 5.74) is 15.6. The number of carbonyl (C=O) groups is 5. The molecule has 0 fully saturated rings. The van der Waals surface area contributed by atoms with Crippen LogP contribution >= 0.6 is 0 Å². The second kappa shape index (κ2) is 14.3. The Hall–Kier alpha value is -3.71. The lowest BCUT2D eigenvalue weighted by Crippen LogP contribution is -2.51. The molecule has 0 bridgehead atoms. The molecule has 168 valence electrons. The normalized spacial score (nSPS) is 12.0. The predicted molar refractivity (Wildman–Crippen MR) is 106 cm³/mol. The molecule has 0 unspecified atom stereocenters. The zero-order chi connectivity index (χ0) is 23.1. The topological polar surface area (TPSA) is 256 Å². The van der Waals surface area contributed by atoms with Crippen molar-refractivity contribution >= 4 is 41.8 Å². The largest absolute Gasteiger partial charge is 0.474 e. The molecule has 3 amide bonds. The number of aliphatic imine (C=N–C) groups is 1. The van der Waals surface area contributed by atoms with Crippen molar-refractivity contribution in [1.29, 1.82) is 5.41 Å². The Morgan fingerprint density at radius 1 is 1.07 bits per heavy atom. The fourth-order valence-corrected chi connectivity index (χ4v) is 2.23. The van der Waals surface area contributed by atoms with Gasteiger partial charge in [-0.05, 0) is 25.7 Å². The monoisotopic (exact) mass is 428 g/mol. The summed E-state index contributed by atoms with van der Waals surface area (Å²) < 4.78 is 0. The zero-order valence-corrected chi connectivity index (χ0v) is 16.3. The first-order valence-corrected chi connectivity index (χ1v) is 9.01. The molecule has 14 heteroatoms. The van der Waals surface area contributed by atoms with Crippen molar-refractivity contribution in [3.63, 3.8) is 0 Å². The molecule has 0 aromatic rings. The van der Waals surface area contributed by atoms with Crippen molar-refractivity contribution in [2.75, 3.05) is 13.1 Å². The number of aliphatic carboxylic acids is 1. The van der Waals surface area contributed by atoms with Gasteiger partial charge in [0.15, 0.2) is 5.96 Å². The molecular formula is C16H28N8O6. The molecule has 0 aliphatic heterocycles. The number of hydrogen-bond donors (Lipinski definition) is 8. The Labute approximate surface area is 172 Å². The van der Waals surface area contributed by atoms with Gasteiger partial charge in [0.1, 0.15) is 12.3 Å². The molecule has 2 atom stereocenters. The summed E-state index contributed by atoms with van der Waals surface area (Å²) >= 11 is 0. The average Bonchev–Trinajstić information content (AvgIpc) is 2.66. The maximum Gasteiger partial charge on any atom is 0.394 e. The number of guanidine groups is 1. The number of nitrogens with two attached hydrogens (primary N) is 3. The van der Waals surface area contributed by atoms with E-state index in [0.29, 0.717) is 12.7 Å². The van der Waals surface area contributed by atoms with Gasteiger partial charge in [-0.25, -0.2) is 4.79 Å². The van der Waals surface area contributed by atoms with E-state index in [1.807, 2.05) is 5.32 Å². The lowest BCUT2D eigenvalue weighted by molar-refractivity contribution is -0.151. The second-order valence-corrected chi connectivity index (χ2v) is 6.23. The molecular weight excluding hydrogens is 400 g/mol. The van der Waals surface area contributed by atoms with Gasteiger partial charge in [-0.3, -0.25) is 24.8 Å². The Bertz CT molecular complexity index is 677. The molecule has 0 spiro atoms. The Balaban J connectivity index is 4.67.